The number of H-pyrrole nitrogens is 1. The number of hydrogen-bond donors (Lipinski definition) is 1. The van der Waals surface area contributed by atoms with E-state index in [-0.39, 0.29) is 5.56 Å². The molecule has 0 amide bonds. The first-order chi connectivity index (χ1) is 13.7. The first kappa shape index (κ1) is 17.3. The number of thiophene rings is 2. The Morgan fingerprint density at radius 3 is 2.71 bits per heavy atom. The van der Waals surface area contributed by atoms with Gasteiger partial charge >= 0.3 is 0 Å². The lowest BCUT2D eigenvalue weighted by Gasteiger charge is -2.06. The van der Waals surface area contributed by atoms with Crippen molar-refractivity contribution in [2.24, 2.45) is 0 Å². The summed E-state index contributed by atoms with van der Waals surface area (Å²) in [4.78, 5) is 24.1. The molecule has 0 aliphatic rings. The van der Waals surface area contributed by atoms with Crippen molar-refractivity contribution >= 4 is 43.7 Å². The van der Waals surface area contributed by atoms with Gasteiger partial charge in [0.2, 0.25) is 0 Å². The minimum absolute atomic E-state index is 0.0420. The van der Waals surface area contributed by atoms with E-state index in [0.29, 0.717) is 6.42 Å². The minimum Gasteiger partial charge on any atom is -0.310 e. The van der Waals surface area contributed by atoms with Gasteiger partial charge in [-0.3, -0.25) is 4.79 Å². The Kier molecular flexibility index (Phi) is 4.34. The third-order valence-corrected chi connectivity index (χ3v) is 7.13. The number of fused-ring (bicyclic) bond motifs is 2. The zero-order valence-corrected chi connectivity index (χ0v) is 17.0. The van der Waals surface area contributed by atoms with Gasteiger partial charge in [-0.15, -0.1) is 22.7 Å². The Bertz CT molecular complexity index is 1340. The van der Waals surface area contributed by atoms with Crippen LogP contribution in [0.25, 0.3) is 31.4 Å². The van der Waals surface area contributed by atoms with Gasteiger partial charge in [-0.2, -0.15) is 0 Å². The Hall–Kier alpha value is -2.76. The predicted octanol–water partition coefficient (Wildman–Crippen LogP) is 6.02. The largest absolute Gasteiger partial charge is 0.310 e. The average molecular weight is 403 g/mol. The highest BCUT2D eigenvalue weighted by Gasteiger charge is 2.18. The molecule has 0 saturated carbocycles. The van der Waals surface area contributed by atoms with Crippen molar-refractivity contribution in [2.75, 3.05) is 0 Å². The molecule has 138 valence electrons. The van der Waals surface area contributed by atoms with Gasteiger partial charge in [0.15, 0.2) is 0 Å². The molecule has 0 fully saturated rings. The van der Waals surface area contributed by atoms with E-state index in [1.165, 1.54) is 21.2 Å². The van der Waals surface area contributed by atoms with Crippen molar-refractivity contribution in [3.05, 3.63) is 86.6 Å². The second-order valence-electron chi connectivity index (χ2n) is 6.74. The first-order valence-corrected chi connectivity index (χ1v) is 11.0. The fraction of sp³-hybridized carbons (Fsp3) is 0.130. The van der Waals surface area contributed by atoms with Gasteiger partial charge < -0.3 is 4.98 Å². The number of rotatable bonds is 4. The summed E-state index contributed by atoms with van der Waals surface area (Å²) in [6.07, 6.45) is 1.51. The molecule has 0 aliphatic carbocycles. The van der Waals surface area contributed by atoms with Crippen molar-refractivity contribution in [3.63, 3.8) is 0 Å². The summed E-state index contributed by atoms with van der Waals surface area (Å²) in [5, 5.41) is 5.18. The number of nitrogens with one attached hydrogen (secondary N) is 1. The van der Waals surface area contributed by atoms with Crippen molar-refractivity contribution in [1.82, 2.24) is 9.97 Å². The van der Waals surface area contributed by atoms with Crippen LogP contribution >= 0.6 is 22.7 Å². The zero-order chi connectivity index (χ0) is 19.1. The SMILES string of the molecule is CCc1sc2nc(Cc3cccc4ccccc34)[nH]c(=O)c2c1-c1cccs1. The van der Waals surface area contributed by atoms with Crippen LogP contribution in [-0.2, 0) is 12.8 Å². The molecule has 1 N–H and O–H groups in total. The van der Waals surface area contributed by atoms with Crippen LogP contribution in [0, 0.1) is 0 Å². The summed E-state index contributed by atoms with van der Waals surface area (Å²) < 4.78 is 0. The highest BCUT2D eigenvalue weighted by atomic mass is 32.1. The fourth-order valence-corrected chi connectivity index (χ4v) is 5.75. The molecular formula is C23H18N2OS2. The zero-order valence-electron chi connectivity index (χ0n) is 15.4. The number of aromatic nitrogens is 2. The molecule has 28 heavy (non-hydrogen) atoms. The van der Waals surface area contributed by atoms with Gasteiger partial charge in [0.1, 0.15) is 10.7 Å². The average Bonchev–Trinajstić information content (AvgIpc) is 3.35. The standard InChI is InChI=1S/C23H18N2OS2/c1-2-17-20(18-11-6-12-27-18)21-22(26)24-19(25-23(21)28-17)13-15-9-5-8-14-7-3-4-10-16(14)15/h3-12H,2,13H2,1H3,(H,24,25,26). The second kappa shape index (κ2) is 7.00. The predicted molar refractivity (Wildman–Crippen MR) is 120 cm³/mol. The lowest BCUT2D eigenvalue weighted by molar-refractivity contribution is 0.983. The van der Waals surface area contributed by atoms with Crippen LogP contribution in [0.15, 0.2) is 64.8 Å². The molecule has 2 aromatic carbocycles. The third-order valence-electron chi connectivity index (χ3n) is 5.01. The maximum Gasteiger partial charge on any atom is 0.260 e. The van der Waals surface area contributed by atoms with Gasteiger partial charge in [0.05, 0.1) is 5.39 Å². The summed E-state index contributed by atoms with van der Waals surface area (Å²) in [5.74, 6) is 0.718. The summed E-state index contributed by atoms with van der Waals surface area (Å²) >= 11 is 3.31. The molecule has 0 spiro atoms. The van der Waals surface area contributed by atoms with Gasteiger partial charge in [-0.25, -0.2) is 4.98 Å². The summed E-state index contributed by atoms with van der Waals surface area (Å²) in [7, 11) is 0. The van der Waals surface area contributed by atoms with E-state index in [0.717, 1.165) is 32.9 Å². The number of aromatic amines is 1. The van der Waals surface area contributed by atoms with E-state index in [9.17, 15) is 4.79 Å². The van der Waals surface area contributed by atoms with Gasteiger partial charge in [0, 0.05) is 21.7 Å². The molecule has 0 saturated heterocycles. The Morgan fingerprint density at radius 1 is 1.04 bits per heavy atom. The Labute approximate surface area is 170 Å². The molecule has 5 heteroatoms. The summed E-state index contributed by atoms with van der Waals surface area (Å²) in [6, 6.07) is 18.7. The maximum absolute atomic E-state index is 13.0. The van der Waals surface area contributed by atoms with Crippen LogP contribution in [0.5, 0.6) is 0 Å². The molecule has 0 unspecified atom stereocenters. The first-order valence-electron chi connectivity index (χ1n) is 9.29. The van der Waals surface area contributed by atoms with Crippen molar-refractivity contribution in [2.45, 2.75) is 19.8 Å². The molecule has 0 atom stereocenters. The molecule has 0 aliphatic heterocycles. The minimum atomic E-state index is -0.0420. The number of aryl methyl sites for hydroxylation is 1. The van der Waals surface area contributed by atoms with Crippen LogP contribution in [0.2, 0.25) is 0 Å². The molecule has 3 nitrogen and oxygen atoms in total. The van der Waals surface area contributed by atoms with E-state index in [1.54, 1.807) is 22.7 Å². The Balaban J connectivity index is 1.65. The summed E-state index contributed by atoms with van der Waals surface area (Å²) in [5.41, 5.74) is 2.19. The maximum atomic E-state index is 13.0. The van der Waals surface area contributed by atoms with Crippen molar-refractivity contribution in [3.8, 4) is 10.4 Å². The molecule has 3 heterocycles. The molecule has 5 rings (SSSR count). The lowest BCUT2D eigenvalue weighted by atomic mass is 10.0. The topological polar surface area (TPSA) is 45.8 Å². The van der Waals surface area contributed by atoms with E-state index >= 15 is 0 Å². The van der Waals surface area contributed by atoms with Gasteiger partial charge in [-0.1, -0.05) is 55.5 Å². The Morgan fingerprint density at radius 2 is 1.89 bits per heavy atom. The third kappa shape index (κ3) is 2.87. The van der Waals surface area contributed by atoms with Gasteiger partial charge in [0.25, 0.3) is 5.56 Å². The van der Waals surface area contributed by atoms with Gasteiger partial charge in [-0.05, 0) is 34.2 Å². The van der Waals surface area contributed by atoms with Crippen LogP contribution in [-0.4, -0.2) is 9.97 Å². The normalized spacial score (nSPS) is 11.5. The fourth-order valence-electron chi connectivity index (χ4n) is 3.74. The van der Waals surface area contributed by atoms with E-state index in [1.807, 2.05) is 18.2 Å². The highest BCUT2D eigenvalue weighted by Crippen LogP contribution is 2.38. The van der Waals surface area contributed by atoms with Crippen LogP contribution in [0.1, 0.15) is 23.2 Å². The smallest absolute Gasteiger partial charge is 0.260 e. The van der Waals surface area contributed by atoms with E-state index in [2.05, 4.69) is 53.7 Å². The summed E-state index contributed by atoms with van der Waals surface area (Å²) in [6.45, 7) is 2.13. The van der Waals surface area contributed by atoms with Crippen LogP contribution in [0.4, 0.5) is 0 Å². The van der Waals surface area contributed by atoms with E-state index in [4.69, 9.17) is 4.98 Å². The number of benzene rings is 2. The van der Waals surface area contributed by atoms with E-state index < -0.39 is 0 Å². The van der Waals surface area contributed by atoms with Crippen molar-refractivity contribution < 1.29 is 0 Å². The molecule has 0 bridgehead atoms. The molecular weight excluding hydrogens is 384 g/mol. The molecule has 5 aromatic rings. The van der Waals surface area contributed by atoms with Crippen LogP contribution in [0.3, 0.4) is 0 Å². The lowest BCUT2D eigenvalue weighted by Crippen LogP contribution is -2.11. The molecule has 3 aromatic heterocycles. The number of hydrogen-bond acceptors (Lipinski definition) is 4. The second-order valence-corrected chi connectivity index (χ2v) is 8.77. The van der Waals surface area contributed by atoms with Crippen molar-refractivity contribution in [1.29, 1.82) is 0 Å². The van der Waals surface area contributed by atoms with Crippen LogP contribution < -0.4 is 5.56 Å². The quantitative estimate of drug-likeness (QED) is 0.399. The monoisotopic (exact) mass is 402 g/mol. The number of nitrogens with zero attached hydrogens (tertiary/aromatic N) is 1. The highest BCUT2D eigenvalue weighted by molar-refractivity contribution is 7.20. The molecule has 0 radical (unpaired) electrons.